The van der Waals surface area contributed by atoms with Gasteiger partial charge in [-0.25, -0.2) is 0 Å². The molecule has 0 N–H and O–H groups in total. The van der Waals surface area contributed by atoms with E-state index in [0.717, 1.165) is 0 Å². The molecule has 0 amide bonds. The first-order valence-electron chi connectivity index (χ1n) is 14.7. The third kappa shape index (κ3) is 3.85. The standard InChI is InChI=1S/C41H31N/c1-41(2)37-16-10-9-15-36(37)39-38(41)22-19-31-23-24-42(40(31)39)35-20-17-30(18-21-35)34-26-32(28-11-5-3-6-12-28)25-33(27-34)29-13-7-4-8-14-29/h3-27H,1-2H3. The fourth-order valence-electron chi connectivity index (χ4n) is 6.83. The average molecular weight is 538 g/mol. The third-order valence-corrected chi connectivity index (χ3v) is 9.02. The van der Waals surface area contributed by atoms with Crippen molar-refractivity contribution in [2.75, 3.05) is 0 Å². The second-order valence-corrected chi connectivity index (χ2v) is 11.9. The molecule has 0 bridgehead atoms. The lowest BCUT2D eigenvalue weighted by Crippen LogP contribution is -2.14. The van der Waals surface area contributed by atoms with Gasteiger partial charge in [-0.1, -0.05) is 123 Å². The van der Waals surface area contributed by atoms with Gasteiger partial charge >= 0.3 is 0 Å². The maximum absolute atomic E-state index is 2.37. The van der Waals surface area contributed by atoms with Crippen molar-refractivity contribution in [3.05, 3.63) is 163 Å². The highest BCUT2D eigenvalue weighted by molar-refractivity contribution is 6.01. The van der Waals surface area contributed by atoms with E-state index >= 15 is 0 Å². The average Bonchev–Trinajstić information content (AvgIpc) is 3.58. The first-order valence-corrected chi connectivity index (χ1v) is 14.7. The van der Waals surface area contributed by atoms with Crippen LogP contribution in [0.3, 0.4) is 0 Å². The highest BCUT2D eigenvalue weighted by Gasteiger charge is 2.36. The number of hydrogen-bond acceptors (Lipinski definition) is 0. The van der Waals surface area contributed by atoms with E-state index < -0.39 is 0 Å². The van der Waals surface area contributed by atoms with Crippen molar-refractivity contribution in [2.45, 2.75) is 19.3 Å². The maximum atomic E-state index is 2.37. The predicted molar refractivity (Wildman–Crippen MR) is 177 cm³/mol. The molecule has 1 heteroatoms. The van der Waals surface area contributed by atoms with Crippen LogP contribution < -0.4 is 0 Å². The van der Waals surface area contributed by atoms with Crippen LogP contribution >= 0.6 is 0 Å². The van der Waals surface area contributed by atoms with Gasteiger partial charge in [-0.05, 0) is 86.5 Å². The molecule has 6 aromatic carbocycles. The SMILES string of the molecule is CC1(C)c2ccccc2-c2c1ccc1ccn(-c3ccc(-c4cc(-c5ccccc5)cc(-c5ccccc5)c4)cc3)c21. The van der Waals surface area contributed by atoms with Crippen molar-refractivity contribution < 1.29 is 0 Å². The topological polar surface area (TPSA) is 4.93 Å². The lowest BCUT2D eigenvalue weighted by atomic mass is 9.82. The monoisotopic (exact) mass is 537 g/mol. The highest BCUT2D eigenvalue weighted by atomic mass is 15.0. The Morgan fingerprint density at radius 2 is 1.00 bits per heavy atom. The molecule has 0 aliphatic heterocycles. The first-order chi connectivity index (χ1) is 20.6. The molecule has 0 saturated carbocycles. The van der Waals surface area contributed by atoms with Crippen molar-refractivity contribution in [2.24, 2.45) is 0 Å². The molecule has 0 saturated heterocycles. The van der Waals surface area contributed by atoms with Crippen LogP contribution in [0, 0.1) is 0 Å². The van der Waals surface area contributed by atoms with E-state index in [1.165, 1.54) is 72.2 Å². The zero-order valence-corrected chi connectivity index (χ0v) is 23.9. The van der Waals surface area contributed by atoms with Gasteiger partial charge in [0.2, 0.25) is 0 Å². The predicted octanol–water partition coefficient (Wildman–Crippen LogP) is 10.9. The molecule has 1 aliphatic carbocycles. The lowest BCUT2D eigenvalue weighted by Gasteiger charge is -2.21. The molecule has 1 aliphatic rings. The van der Waals surface area contributed by atoms with Gasteiger partial charge in [-0.3, -0.25) is 0 Å². The number of rotatable bonds is 4. The summed E-state index contributed by atoms with van der Waals surface area (Å²) in [6.45, 7) is 4.69. The van der Waals surface area contributed by atoms with E-state index in [1.807, 2.05) is 0 Å². The first kappa shape index (κ1) is 24.6. The molecule has 1 heterocycles. The summed E-state index contributed by atoms with van der Waals surface area (Å²) >= 11 is 0. The minimum absolute atomic E-state index is 0.0146. The van der Waals surface area contributed by atoms with Gasteiger partial charge in [-0.15, -0.1) is 0 Å². The van der Waals surface area contributed by atoms with Crippen LogP contribution in [0.2, 0.25) is 0 Å². The van der Waals surface area contributed by atoms with Gasteiger partial charge in [0.05, 0.1) is 5.52 Å². The molecule has 0 unspecified atom stereocenters. The summed E-state index contributed by atoms with van der Waals surface area (Å²) in [5.41, 5.74) is 15.3. The number of fused-ring (bicyclic) bond motifs is 5. The molecule has 42 heavy (non-hydrogen) atoms. The van der Waals surface area contributed by atoms with E-state index in [1.54, 1.807) is 0 Å². The third-order valence-electron chi connectivity index (χ3n) is 9.02. The fraction of sp³-hybridized carbons (Fsp3) is 0.0732. The molecular weight excluding hydrogens is 506 g/mol. The van der Waals surface area contributed by atoms with Gasteiger partial charge in [-0.2, -0.15) is 0 Å². The summed E-state index contributed by atoms with van der Waals surface area (Å²) in [6.07, 6.45) is 2.22. The maximum Gasteiger partial charge on any atom is 0.0610 e. The largest absolute Gasteiger partial charge is 0.316 e. The van der Waals surface area contributed by atoms with Crippen molar-refractivity contribution in [3.63, 3.8) is 0 Å². The van der Waals surface area contributed by atoms with Crippen molar-refractivity contribution in [1.29, 1.82) is 0 Å². The van der Waals surface area contributed by atoms with Gasteiger partial charge in [0.1, 0.15) is 0 Å². The zero-order valence-electron chi connectivity index (χ0n) is 23.9. The Kier molecular flexibility index (Phi) is 5.55. The number of aromatic nitrogens is 1. The lowest BCUT2D eigenvalue weighted by molar-refractivity contribution is 0.661. The summed E-state index contributed by atoms with van der Waals surface area (Å²) in [7, 11) is 0. The van der Waals surface area contributed by atoms with Gasteiger partial charge in [0.15, 0.2) is 0 Å². The molecule has 8 rings (SSSR count). The van der Waals surface area contributed by atoms with Crippen LogP contribution in [-0.2, 0) is 5.41 Å². The number of benzene rings is 6. The summed E-state index contributed by atoms with van der Waals surface area (Å²) in [5, 5.41) is 1.27. The quantitative estimate of drug-likeness (QED) is 0.210. The van der Waals surface area contributed by atoms with Gasteiger partial charge < -0.3 is 4.57 Å². The highest BCUT2D eigenvalue weighted by Crippen LogP contribution is 2.51. The van der Waals surface area contributed by atoms with Crippen LogP contribution in [0.5, 0.6) is 0 Å². The molecule has 0 fully saturated rings. The van der Waals surface area contributed by atoms with Crippen LogP contribution in [0.25, 0.3) is 61.1 Å². The van der Waals surface area contributed by atoms with Crippen LogP contribution in [-0.4, -0.2) is 4.57 Å². The molecule has 7 aromatic rings. The van der Waals surface area contributed by atoms with Crippen molar-refractivity contribution >= 4 is 10.9 Å². The Bertz CT molecular complexity index is 2020. The van der Waals surface area contributed by atoms with Crippen LogP contribution in [0.4, 0.5) is 0 Å². The van der Waals surface area contributed by atoms with Crippen LogP contribution in [0.15, 0.2) is 152 Å². The van der Waals surface area contributed by atoms with E-state index in [0.29, 0.717) is 0 Å². The molecule has 1 nitrogen and oxygen atoms in total. The van der Waals surface area contributed by atoms with E-state index in [9.17, 15) is 0 Å². The van der Waals surface area contributed by atoms with E-state index in [4.69, 9.17) is 0 Å². The van der Waals surface area contributed by atoms with E-state index in [-0.39, 0.29) is 5.41 Å². The Labute approximate surface area is 247 Å². The second-order valence-electron chi connectivity index (χ2n) is 11.9. The minimum Gasteiger partial charge on any atom is -0.316 e. The van der Waals surface area contributed by atoms with Gasteiger partial charge in [0, 0.05) is 28.2 Å². The second kappa shape index (κ2) is 9.46. The molecule has 0 atom stereocenters. The number of nitrogens with zero attached hydrogens (tertiary/aromatic N) is 1. The summed E-state index contributed by atoms with van der Waals surface area (Å²) in [6, 6.07) is 53.1. The summed E-state index contributed by atoms with van der Waals surface area (Å²) in [5.74, 6) is 0. The van der Waals surface area contributed by atoms with Crippen LogP contribution in [0.1, 0.15) is 25.0 Å². The molecule has 0 spiro atoms. The Morgan fingerprint density at radius 3 is 1.62 bits per heavy atom. The Balaban J connectivity index is 1.25. The fourth-order valence-corrected chi connectivity index (χ4v) is 6.83. The Morgan fingerprint density at radius 1 is 0.452 bits per heavy atom. The molecule has 200 valence electrons. The smallest absolute Gasteiger partial charge is 0.0610 e. The van der Waals surface area contributed by atoms with E-state index in [2.05, 4.69) is 170 Å². The summed E-state index contributed by atoms with van der Waals surface area (Å²) < 4.78 is 2.37. The Hall–Kier alpha value is -5.14. The normalized spacial score (nSPS) is 13.2. The summed E-state index contributed by atoms with van der Waals surface area (Å²) in [4.78, 5) is 0. The molecule has 0 radical (unpaired) electrons. The van der Waals surface area contributed by atoms with Crippen molar-refractivity contribution in [3.8, 4) is 50.2 Å². The van der Waals surface area contributed by atoms with Crippen molar-refractivity contribution in [1.82, 2.24) is 4.57 Å². The number of hydrogen-bond donors (Lipinski definition) is 0. The molecular formula is C41H31N. The zero-order chi connectivity index (χ0) is 28.3. The minimum atomic E-state index is -0.0146. The molecule has 1 aromatic heterocycles. The van der Waals surface area contributed by atoms with Gasteiger partial charge in [0.25, 0.3) is 0 Å².